The number of aliphatic imine (C=N–C) groups is 1. The Morgan fingerprint density at radius 3 is 2.67 bits per heavy atom. The van der Waals surface area contributed by atoms with Gasteiger partial charge in [0.05, 0.1) is 5.71 Å². The Labute approximate surface area is 91.9 Å². The first-order valence-corrected chi connectivity index (χ1v) is 5.08. The van der Waals surface area contributed by atoms with E-state index in [-0.39, 0.29) is 0 Å². The fourth-order valence-corrected chi connectivity index (χ4v) is 1.29. The molecule has 15 heavy (non-hydrogen) atoms. The van der Waals surface area contributed by atoms with Crippen LogP contribution in [0.15, 0.2) is 53.7 Å². The van der Waals surface area contributed by atoms with Gasteiger partial charge in [-0.1, -0.05) is 36.4 Å². The third-order valence-corrected chi connectivity index (χ3v) is 2.22. The summed E-state index contributed by atoms with van der Waals surface area (Å²) in [5.74, 6) is 0. The summed E-state index contributed by atoms with van der Waals surface area (Å²) in [7, 11) is 0. The van der Waals surface area contributed by atoms with E-state index in [0.29, 0.717) is 0 Å². The van der Waals surface area contributed by atoms with Crippen LogP contribution in [-0.4, -0.2) is 5.71 Å². The molecule has 0 radical (unpaired) electrons. The summed E-state index contributed by atoms with van der Waals surface area (Å²) >= 11 is 0. The average Bonchev–Trinajstić information content (AvgIpc) is 2.25. The quantitative estimate of drug-likeness (QED) is 0.655. The highest BCUT2D eigenvalue weighted by Crippen LogP contribution is 2.08. The lowest BCUT2D eigenvalue weighted by atomic mass is 10.1. The second-order valence-corrected chi connectivity index (χ2v) is 3.50. The second kappa shape index (κ2) is 5.30. The third kappa shape index (κ3) is 3.21. The minimum Gasteiger partial charge on any atom is -0.254 e. The van der Waals surface area contributed by atoms with E-state index in [2.05, 4.69) is 36.7 Å². The van der Waals surface area contributed by atoms with Gasteiger partial charge in [-0.3, -0.25) is 4.99 Å². The van der Waals surface area contributed by atoms with E-state index in [1.165, 1.54) is 5.56 Å². The molecule has 0 atom stereocenters. The van der Waals surface area contributed by atoms with Gasteiger partial charge in [-0.15, -0.1) is 0 Å². The Kier molecular flexibility index (Phi) is 4.04. The second-order valence-electron chi connectivity index (χ2n) is 3.50. The van der Waals surface area contributed by atoms with Crippen molar-refractivity contribution in [2.75, 3.05) is 0 Å². The largest absolute Gasteiger partial charge is 0.254 e. The number of hydrogen-bond acceptors (Lipinski definition) is 1. The van der Waals surface area contributed by atoms with Gasteiger partial charge >= 0.3 is 0 Å². The van der Waals surface area contributed by atoms with Crippen LogP contribution < -0.4 is 0 Å². The maximum atomic E-state index is 4.48. The molecule has 0 saturated heterocycles. The summed E-state index contributed by atoms with van der Waals surface area (Å²) < 4.78 is 0. The molecule has 78 valence electrons. The Morgan fingerprint density at radius 2 is 2.13 bits per heavy atom. The van der Waals surface area contributed by atoms with Crippen LogP contribution in [0, 0.1) is 6.92 Å². The maximum absolute atomic E-state index is 4.48. The van der Waals surface area contributed by atoms with Crippen LogP contribution in [0.5, 0.6) is 0 Å². The predicted molar refractivity (Wildman–Crippen MR) is 67.3 cm³/mol. The molecule has 0 amide bonds. The molecular weight excluding hydrogens is 182 g/mol. The minimum absolute atomic E-state index is 0.925. The van der Waals surface area contributed by atoms with Crippen molar-refractivity contribution in [3.8, 4) is 0 Å². The molecule has 1 nitrogen and oxygen atoms in total. The third-order valence-electron chi connectivity index (χ3n) is 2.22. The van der Waals surface area contributed by atoms with Crippen molar-refractivity contribution in [1.29, 1.82) is 0 Å². The SMILES string of the molecule is C=CC(=N/C(C)=C\C)c1cccc(C)c1. The van der Waals surface area contributed by atoms with Gasteiger partial charge in [0.25, 0.3) is 0 Å². The Bertz CT molecular complexity index is 411. The lowest BCUT2D eigenvalue weighted by Gasteiger charge is -2.03. The number of nitrogens with zero attached hydrogens (tertiary/aromatic N) is 1. The first-order valence-electron chi connectivity index (χ1n) is 5.08. The van der Waals surface area contributed by atoms with E-state index >= 15 is 0 Å². The molecule has 0 bridgehead atoms. The minimum atomic E-state index is 0.925. The number of hydrogen-bond donors (Lipinski definition) is 0. The highest BCUT2D eigenvalue weighted by molar-refractivity contribution is 6.08. The van der Waals surface area contributed by atoms with Gasteiger partial charge in [0, 0.05) is 11.3 Å². The maximum Gasteiger partial charge on any atom is 0.0699 e. The molecule has 0 saturated carbocycles. The summed E-state index contributed by atoms with van der Waals surface area (Å²) in [4.78, 5) is 4.48. The molecule has 1 aromatic rings. The van der Waals surface area contributed by atoms with Crippen molar-refractivity contribution in [3.63, 3.8) is 0 Å². The predicted octanol–water partition coefficient (Wildman–Crippen LogP) is 3.89. The summed E-state index contributed by atoms with van der Waals surface area (Å²) in [6.45, 7) is 9.84. The zero-order chi connectivity index (χ0) is 11.3. The first kappa shape index (κ1) is 11.4. The van der Waals surface area contributed by atoms with E-state index in [1.54, 1.807) is 6.08 Å². The molecule has 0 aromatic heterocycles. The first-order chi connectivity index (χ1) is 7.17. The normalized spacial score (nSPS) is 12.7. The van der Waals surface area contributed by atoms with E-state index in [9.17, 15) is 0 Å². The average molecular weight is 199 g/mol. The zero-order valence-electron chi connectivity index (χ0n) is 9.62. The van der Waals surface area contributed by atoms with Gasteiger partial charge in [0.1, 0.15) is 0 Å². The van der Waals surface area contributed by atoms with Gasteiger partial charge in [-0.05, 0) is 32.9 Å². The number of benzene rings is 1. The molecule has 0 aliphatic heterocycles. The topological polar surface area (TPSA) is 12.4 Å². The monoisotopic (exact) mass is 199 g/mol. The molecule has 0 fully saturated rings. The van der Waals surface area contributed by atoms with Crippen LogP contribution in [0.4, 0.5) is 0 Å². The van der Waals surface area contributed by atoms with Gasteiger partial charge < -0.3 is 0 Å². The smallest absolute Gasteiger partial charge is 0.0699 e. The van der Waals surface area contributed by atoms with E-state index in [4.69, 9.17) is 0 Å². The Morgan fingerprint density at radius 1 is 1.40 bits per heavy atom. The van der Waals surface area contributed by atoms with Gasteiger partial charge in [-0.2, -0.15) is 0 Å². The van der Waals surface area contributed by atoms with Crippen molar-refractivity contribution in [2.45, 2.75) is 20.8 Å². The molecule has 0 N–H and O–H groups in total. The van der Waals surface area contributed by atoms with E-state index < -0.39 is 0 Å². The molecule has 0 unspecified atom stereocenters. The van der Waals surface area contributed by atoms with Crippen LogP contribution in [-0.2, 0) is 0 Å². The van der Waals surface area contributed by atoms with E-state index in [1.807, 2.05) is 26.0 Å². The van der Waals surface area contributed by atoms with Crippen molar-refractivity contribution in [3.05, 3.63) is 59.8 Å². The molecule has 1 aromatic carbocycles. The molecule has 1 rings (SSSR count). The molecule has 0 heterocycles. The van der Waals surface area contributed by atoms with E-state index in [0.717, 1.165) is 17.0 Å². The van der Waals surface area contributed by atoms with Crippen molar-refractivity contribution < 1.29 is 0 Å². The highest BCUT2D eigenvalue weighted by atomic mass is 14.7. The van der Waals surface area contributed by atoms with Crippen LogP contribution >= 0.6 is 0 Å². The molecule has 0 aliphatic rings. The van der Waals surface area contributed by atoms with Crippen molar-refractivity contribution >= 4 is 5.71 Å². The Balaban J connectivity index is 3.13. The fraction of sp³-hybridized carbons (Fsp3) is 0.214. The molecular formula is C14H17N. The van der Waals surface area contributed by atoms with Gasteiger partial charge in [-0.25, -0.2) is 0 Å². The van der Waals surface area contributed by atoms with Crippen molar-refractivity contribution in [1.82, 2.24) is 0 Å². The zero-order valence-corrected chi connectivity index (χ0v) is 9.62. The summed E-state index contributed by atoms with van der Waals surface area (Å²) in [5, 5.41) is 0. The summed E-state index contributed by atoms with van der Waals surface area (Å²) in [6, 6.07) is 8.28. The molecule has 0 aliphatic carbocycles. The van der Waals surface area contributed by atoms with Crippen LogP contribution in [0.2, 0.25) is 0 Å². The van der Waals surface area contributed by atoms with Crippen LogP contribution in [0.1, 0.15) is 25.0 Å². The number of rotatable bonds is 3. The fourth-order valence-electron chi connectivity index (χ4n) is 1.29. The standard InChI is InChI=1S/C14H17N/c1-5-12(4)15-14(6-2)13-9-7-8-11(3)10-13/h5-10H,2H2,1,3-4H3/b12-5-,15-14?. The van der Waals surface area contributed by atoms with Gasteiger partial charge in [0.15, 0.2) is 0 Å². The van der Waals surface area contributed by atoms with Gasteiger partial charge in [0.2, 0.25) is 0 Å². The number of allylic oxidation sites excluding steroid dienone is 3. The highest BCUT2D eigenvalue weighted by Gasteiger charge is 1.98. The summed E-state index contributed by atoms with van der Waals surface area (Å²) in [6.07, 6.45) is 3.78. The van der Waals surface area contributed by atoms with Crippen LogP contribution in [0.3, 0.4) is 0 Å². The lowest BCUT2D eigenvalue weighted by Crippen LogP contribution is -1.96. The molecule has 1 heteroatoms. The van der Waals surface area contributed by atoms with Crippen LogP contribution in [0.25, 0.3) is 0 Å². The summed E-state index contributed by atoms with van der Waals surface area (Å²) in [5.41, 5.74) is 4.28. The molecule has 0 spiro atoms. The lowest BCUT2D eigenvalue weighted by molar-refractivity contribution is 1.28. The number of aryl methyl sites for hydroxylation is 1. The Hall–Kier alpha value is -1.63. The van der Waals surface area contributed by atoms with Crippen molar-refractivity contribution in [2.24, 2.45) is 4.99 Å².